The third-order valence-corrected chi connectivity index (χ3v) is 4.28. The van der Waals surface area contributed by atoms with Crippen molar-refractivity contribution in [2.45, 2.75) is 37.9 Å². The van der Waals surface area contributed by atoms with Crippen LogP contribution in [0.1, 0.15) is 31.2 Å². The molecule has 0 radical (unpaired) electrons. The monoisotopic (exact) mass is 299 g/mol. The highest BCUT2D eigenvalue weighted by Gasteiger charge is 2.36. The van der Waals surface area contributed by atoms with Gasteiger partial charge in [-0.3, -0.25) is 0 Å². The number of hydrogen-bond acceptors (Lipinski definition) is 3. The number of anilines is 1. The van der Waals surface area contributed by atoms with Crippen LogP contribution in [0.15, 0.2) is 18.3 Å². The lowest BCUT2D eigenvalue weighted by Gasteiger charge is -2.34. The van der Waals surface area contributed by atoms with E-state index in [0.29, 0.717) is 25.0 Å². The highest BCUT2D eigenvalue weighted by Crippen LogP contribution is 2.36. The fourth-order valence-electron chi connectivity index (χ4n) is 2.84. The van der Waals surface area contributed by atoms with Gasteiger partial charge in [0.05, 0.1) is 5.56 Å². The van der Waals surface area contributed by atoms with E-state index in [9.17, 15) is 13.2 Å². The number of hydrogen-bond donors (Lipinski definition) is 1. The molecule has 21 heavy (non-hydrogen) atoms. The average molecular weight is 299 g/mol. The van der Waals surface area contributed by atoms with Crippen LogP contribution in [0, 0.1) is 5.92 Å². The Morgan fingerprint density at radius 1 is 1.19 bits per heavy atom. The minimum absolute atomic E-state index is 0.0820. The van der Waals surface area contributed by atoms with Gasteiger partial charge < -0.3 is 10.2 Å². The molecule has 1 N–H and O–H groups in total. The molecule has 1 saturated heterocycles. The van der Waals surface area contributed by atoms with Gasteiger partial charge in [0.25, 0.3) is 0 Å². The molecule has 0 amide bonds. The molecule has 116 valence electrons. The van der Waals surface area contributed by atoms with Crippen LogP contribution in [0.3, 0.4) is 0 Å². The molecule has 2 fully saturated rings. The van der Waals surface area contributed by atoms with E-state index in [4.69, 9.17) is 0 Å². The second-order valence-electron chi connectivity index (χ2n) is 5.99. The number of alkyl halides is 3. The lowest BCUT2D eigenvalue weighted by atomic mass is 9.96. The van der Waals surface area contributed by atoms with Crippen LogP contribution in [-0.2, 0) is 6.18 Å². The van der Waals surface area contributed by atoms with Gasteiger partial charge in [0.1, 0.15) is 5.82 Å². The van der Waals surface area contributed by atoms with Crippen LogP contribution in [0.25, 0.3) is 0 Å². The maximum atomic E-state index is 13.0. The zero-order chi connectivity index (χ0) is 14.9. The summed E-state index contributed by atoms with van der Waals surface area (Å²) in [4.78, 5) is 5.74. The van der Waals surface area contributed by atoms with Crippen LogP contribution in [0.4, 0.5) is 19.0 Å². The molecule has 0 aromatic carbocycles. The summed E-state index contributed by atoms with van der Waals surface area (Å²) >= 11 is 0. The van der Waals surface area contributed by atoms with Gasteiger partial charge in [0, 0.05) is 25.3 Å². The van der Waals surface area contributed by atoms with Crippen LogP contribution >= 0.6 is 0 Å². The number of pyridine rings is 1. The minimum atomic E-state index is -4.34. The fraction of sp³-hybridized carbons (Fsp3) is 0.667. The molecular formula is C15H20F3N3. The van der Waals surface area contributed by atoms with E-state index in [-0.39, 0.29) is 5.82 Å². The van der Waals surface area contributed by atoms with Gasteiger partial charge in [-0.15, -0.1) is 0 Å². The minimum Gasteiger partial charge on any atom is -0.356 e. The van der Waals surface area contributed by atoms with Gasteiger partial charge in [-0.25, -0.2) is 4.98 Å². The highest BCUT2D eigenvalue weighted by molar-refractivity contribution is 5.48. The van der Waals surface area contributed by atoms with Gasteiger partial charge in [0.2, 0.25) is 0 Å². The zero-order valence-electron chi connectivity index (χ0n) is 11.9. The van der Waals surface area contributed by atoms with Gasteiger partial charge in [0.15, 0.2) is 0 Å². The molecule has 3 nitrogen and oxygen atoms in total. The molecular weight excluding hydrogens is 279 g/mol. The van der Waals surface area contributed by atoms with Gasteiger partial charge in [-0.2, -0.15) is 13.2 Å². The summed E-state index contributed by atoms with van der Waals surface area (Å²) in [6, 6.07) is 3.15. The summed E-state index contributed by atoms with van der Waals surface area (Å²) in [6.07, 6.45) is 1.48. The maximum absolute atomic E-state index is 13.0. The third-order valence-electron chi connectivity index (χ3n) is 4.28. The summed E-state index contributed by atoms with van der Waals surface area (Å²) in [6.45, 7) is 2.29. The van der Waals surface area contributed by atoms with Crippen molar-refractivity contribution < 1.29 is 13.2 Å². The molecule has 2 heterocycles. The maximum Gasteiger partial charge on any atom is 0.419 e. The molecule has 3 rings (SSSR count). The molecule has 1 saturated carbocycles. The summed E-state index contributed by atoms with van der Waals surface area (Å²) < 4.78 is 39.1. The molecule has 0 bridgehead atoms. The van der Waals surface area contributed by atoms with E-state index in [2.05, 4.69) is 10.3 Å². The number of nitrogens with one attached hydrogen (secondary N) is 1. The molecule has 1 aliphatic heterocycles. The number of halogens is 3. The van der Waals surface area contributed by atoms with Gasteiger partial charge in [-0.05, 0) is 50.3 Å². The molecule has 1 aliphatic carbocycles. The highest BCUT2D eigenvalue weighted by atomic mass is 19.4. The van der Waals surface area contributed by atoms with Crippen molar-refractivity contribution in [1.82, 2.24) is 10.3 Å². The van der Waals surface area contributed by atoms with Crippen molar-refractivity contribution >= 4 is 5.82 Å². The smallest absolute Gasteiger partial charge is 0.356 e. The van der Waals surface area contributed by atoms with Crippen LogP contribution in [0.2, 0.25) is 0 Å². The lowest BCUT2D eigenvalue weighted by Crippen LogP contribution is -2.39. The first-order chi connectivity index (χ1) is 10.0. The lowest BCUT2D eigenvalue weighted by molar-refractivity contribution is -0.137. The Balaban J connectivity index is 1.61. The van der Waals surface area contributed by atoms with Crippen molar-refractivity contribution in [3.63, 3.8) is 0 Å². The zero-order valence-corrected chi connectivity index (χ0v) is 11.9. The molecule has 6 heteroatoms. The Morgan fingerprint density at radius 3 is 2.52 bits per heavy atom. The first-order valence-corrected chi connectivity index (χ1v) is 7.54. The summed E-state index contributed by atoms with van der Waals surface area (Å²) in [5.41, 5.74) is -0.625. The predicted molar refractivity (Wildman–Crippen MR) is 75.2 cm³/mol. The Morgan fingerprint density at radius 2 is 1.90 bits per heavy atom. The SMILES string of the molecule is FC(F)(F)c1cccnc1N1CCC(CNC2CC2)CC1. The van der Waals surface area contributed by atoms with Crippen LogP contribution in [-0.4, -0.2) is 30.7 Å². The largest absolute Gasteiger partial charge is 0.419 e. The van der Waals surface area contributed by atoms with E-state index in [1.54, 1.807) is 4.90 Å². The van der Waals surface area contributed by atoms with E-state index >= 15 is 0 Å². The van der Waals surface area contributed by atoms with E-state index in [0.717, 1.165) is 25.5 Å². The predicted octanol–water partition coefficient (Wildman–Crippen LogP) is 3.07. The third kappa shape index (κ3) is 3.67. The Bertz CT molecular complexity index is 477. The Kier molecular flexibility index (Phi) is 4.06. The van der Waals surface area contributed by atoms with Crippen molar-refractivity contribution in [3.8, 4) is 0 Å². The molecule has 2 aliphatic rings. The molecule has 0 unspecified atom stereocenters. The van der Waals surface area contributed by atoms with Crippen molar-refractivity contribution in [1.29, 1.82) is 0 Å². The first kappa shape index (κ1) is 14.6. The number of rotatable bonds is 4. The van der Waals surface area contributed by atoms with Crippen LogP contribution < -0.4 is 10.2 Å². The van der Waals surface area contributed by atoms with Crippen molar-refractivity contribution in [2.24, 2.45) is 5.92 Å². The average Bonchev–Trinajstić information content (AvgIpc) is 3.29. The van der Waals surface area contributed by atoms with Gasteiger partial charge in [-0.1, -0.05) is 0 Å². The number of nitrogens with zero attached hydrogens (tertiary/aromatic N) is 2. The number of aromatic nitrogens is 1. The summed E-state index contributed by atoms with van der Waals surface area (Å²) in [7, 11) is 0. The van der Waals surface area contributed by atoms with Crippen molar-refractivity contribution in [3.05, 3.63) is 23.9 Å². The number of piperidine rings is 1. The van der Waals surface area contributed by atoms with E-state index < -0.39 is 11.7 Å². The molecule has 0 atom stereocenters. The second kappa shape index (κ2) is 5.83. The first-order valence-electron chi connectivity index (χ1n) is 7.54. The Labute approximate surface area is 122 Å². The second-order valence-corrected chi connectivity index (χ2v) is 5.99. The van der Waals surface area contributed by atoms with Gasteiger partial charge >= 0.3 is 6.18 Å². The standard InChI is InChI=1S/C15H20F3N3/c16-15(17,18)13-2-1-7-19-14(13)21-8-5-11(6-9-21)10-20-12-3-4-12/h1-2,7,11-12,20H,3-6,8-10H2. The summed E-state index contributed by atoms with van der Waals surface area (Å²) in [5, 5.41) is 3.50. The van der Waals surface area contributed by atoms with Crippen LogP contribution in [0.5, 0.6) is 0 Å². The normalized spacial score (nSPS) is 20.8. The summed E-state index contributed by atoms with van der Waals surface area (Å²) in [5.74, 6) is 0.651. The molecule has 0 spiro atoms. The van der Waals surface area contributed by atoms with E-state index in [1.807, 2.05) is 0 Å². The quantitative estimate of drug-likeness (QED) is 0.926. The van der Waals surface area contributed by atoms with E-state index in [1.165, 1.54) is 25.1 Å². The Hall–Kier alpha value is -1.30. The topological polar surface area (TPSA) is 28.2 Å². The van der Waals surface area contributed by atoms with Crippen molar-refractivity contribution in [2.75, 3.05) is 24.5 Å². The molecule has 1 aromatic heterocycles. The molecule has 1 aromatic rings. The fourth-order valence-corrected chi connectivity index (χ4v) is 2.84.